The number of para-hydroxylation sites is 1. The van der Waals surface area contributed by atoms with E-state index in [4.69, 9.17) is 0 Å². The van der Waals surface area contributed by atoms with Crippen molar-refractivity contribution in [2.75, 3.05) is 0 Å². The minimum Gasteiger partial charge on any atom is -0.393 e. The first-order valence-corrected chi connectivity index (χ1v) is 4.90. The van der Waals surface area contributed by atoms with Gasteiger partial charge in [-0.25, -0.2) is 0 Å². The maximum atomic E-state index is 9.34. The molecule has 1 N–H and O–H groups in total. The van der Waals surface area contributed by atoms with Gasteiger partial charge in [-0.1, -0.05) is 18.2 Å². The van der Waals surface area contributed by atoms with Crippen LogP contribution in [-0.2, 0) is 13.5 Å². The van der Waals surface area contributed by atoms with Crippen LogP contribution in [0, 0.1) is 0 Å². The molecule has 2 rings (SSSR count). The maximum absolute atomic E-state index is 9.34. The highest BCUT2D eigenvalue weighted by Gasteiger charge is 2.06. The van der Waals surface area contributed by atoms with Crippen molar-refractivity contribution in [1.29, 1.82) is 0 Å². The lowest BCUT2D eigenvalue weighted by Crippen LogP contribution is -2.07. The van der Waals surface area contributed by atoms with Crippen LogP contribution in [0.25, 0.3) is 10.9 Å². The topological polar surface area (TPSA) is 25.2 Å². The van der Waals surface area contributed by atoms with Crippen LogP contribution in [0.3, 0.4) is 0 Å². The lowest BCUT2D eigenvalue weighted by atomic mass is 10.2. The van der Waals surface area contributed by atoms with E-state index in [1.54, 1.807) is 0 Å². The fourth-order valence-electron chi connectivity index (χ4n) is 1.84. The zero-order chi connectivity index (χ0) is 10.1. The second-order valence-corrected chi connectivity index (χ2v) is 3.81. The van der Waals surface area contributed by atoms with E-state index in [1.165, 1.54) is 16.6 Å². The quantitative estimate of drug-likeness (QED) is 0.769. The summed E-state index contributed by atoms with van der Waals surface area (Å²) in [5.41, 5.74) is 2.41. The summed E-state index contributed by atoms with van der Waals surface area (Å²) in [6.07, 6.45) is 0.434. The SMILES string of the molecule is C[C@H](O)Cc1cc2ccccc2n1C. The van der Waals surface area contributed by atoms with Gasteiger partial charge in [-0.15, -0.1) is 0 Å². The van der Waals surface area contributed by atoms with Gasteiger partial charge in [-0.3, -0.25) is 0 Å². The number of aromatic nitrogens is 1. The molecule has 0 saturated heterocycles. The highest BCUT2D eigenvalue weighted by Crippen LogP contribution is 2.19. The van der Waals surface area contributed by atoms with E-state index in [9.17, 15) is 5.11 Å². The largest absolute Gasteiger partial charge is 0.393 e. The van der Waals surface area contributed by atoms with E-state index >= 15 is 0 Å². The van der Waals surface area contributed by atoms with Gasteiger partial charge >= 0.3 is 0 Å². The molecule has 14 heavy (non-hydrogen) atoms. The highest BCUT2D eigenvalue weighted by molar-refractivity contribution is 5.81. The molecule has 0 unspecified atom stereocenters. The monoisotopic (exact) mass is 189 g/mol. The summed E-state index contributed by atoms with van der Waals surface area (Å²) >= 11 is 0. The highest BCUT2D eigenvalue weighted by atomic mass is 16.3. The van der Waals surface area contributed by atoms with Crippen molar-refractivity contribution < 1.29 is 5.11 Å². The molecular formula is C12H15NO. The molecule has 2 aromatic rings. The van der Waals surface area contributed by atoms with Crippen LogP contribution in [-0.4, -0.2) is 15.8 Å². The van der Waals surface area contributed by atoms with Crippen LogP contribution in [0.1, 0.15) is 12.6 Å². The third-order valence-corrected chi connectivity index (χ3v) is 2.56. The normalized spacial score (nSPS) is 13.4. The summed E-state index contributed by atoms with van der Waals surface area (Å²) < 4.78 is 2.14. The van der Waals surface area contributed by atoms with Gasteiger partial charge in [0.25, 0.3) is 0 Å². The molecule has 0 aliphatic carbocycles. The predicted octanol–water partition coefficient (Wildman–Crippen LogP) is 2.10. The molecule has 2 heteroatoms. The van der Waals surface area contributed by atoms with Gasteiger partial charge in [0.15, 0.2) is 0 Å². The molecule has 0 radical (unpaired) electrons. The summed E-state index contributed by atoms with van der Waals surface area (Å²) in [4.78, 5) is 0. The standard InChI is InChI=1S/C12H15NO/c1-9(14)7-11-8-10-5-3-4-6-12(10)13(11)2/h3-6,8-9,14H,7H2,1-2H3/t9-/m0/s1. The minimum atomic E-state index is -0.280. The average molecular weight is 189 g/mol. The second-order valence-electron chi connectivity index (χ2n) is 3.81. The van der Waals surface area contributed by atoms with Gasteiger partial charge in [0.1, 0.15) is 0 Å². The fourth-order valence-corrected chi connectivity index (χ4v) is 1.84. The Morgan fingerprint density at radius 3 is 2.71 bits per heavy atom. The van der Waals surface area contributed by atoms with Crippen LogP contribution < -0.4 is 0 Å². The number of hydrogen-bond acceptors (Lipinski definition) is 1. The zero-order valence-electron chi connectivity index (χ0n) is 8.57. The van der Waals surface area contributed by atoms with Gasteiger partial charge in [-0.05, 0) is 24.4 Å². The molecule has 1 aromatic heterocycles. The maximum Gasteiger partial charge on any atom is 0.0566 e. The number of hydrogen-bond donors (Lipinski definition) is 1. The molecule has 1 aromatic carbocycles. The van der Waals surface area contributed by atoms with E-state index in [1.807, 2.05) is 26.1 Å². The Morgan fingerprint density at radius 2 is 2.07 bits per heavy atom. The van der Waals surface area contributed by atoms with Crippen molar-refractivity contribution in [3.8, 4) is 0 Å². The zero-order valence-corrected chi connectivity index (χ0v) is 8.57. The Kier molecular flexibility index (Phi) is 2.30. The molecule has 2 nitrogen and oxygen atoms in total. The number of rotatable bonds is 2. The van der Waals surface area contributed by atoms with Gasteiger partial charge < -0.3 is 9.67 Å². The van der Waals surface area contributed by atoms with E-state index in [-0.39, 0.29) is 6.10 Å². The van der Waals surface area contributed by atoms with Crippen LogP contribution in [0.5, 0.6) is 0 Å². The Bertz CT molecular complexity index is 443. The smallest absolute Gasteiger partial charge is 0.0566 e. The third-order valence-electron chi connectivity index (χ3n) is 2.56. The Balaban J connectivity index is 2.51. The minimum absolute atomic E-state index is 0.280. The first-order valence-electron chi connectivity index (χ1n) is 4.90. The summed E-state index contributed by atoms with van der Waals surface area (Å²) in [7, 11) is 2.04. The molecule has 1 heterocycles. The Morgan fingerprint density at radius 1 is 1.36 bits per heavy atom. The van der Waals surface area contributed by atoms with Gasteiger partial charge in [0, 0.05) is 24.7 Å². The third kappa shape index (κ3) is 1.53. The summed E-state index contributed by atoms with van der Waals surface area (Å²) in [5, 5.41) is 10.6. The van der Waals surface area contributed by atoms with Crippen LogP contribution >= 0.6 is 0 Å². The van der Waals surface area contributed by atoms with Crippen LogP contribution in [0.4, 0.5) is 0 Å². The first kappa shape index (κ1) is 9.28. The molecule has 0 fully saturated rings. The molecule has 0 aliphatic rings. The molecule has 0 aliphatic heterocycles. The predicted molar refractivity (Wildman–Crippen MR) is 58.3 cm³/mol. The van der Waals surface area contributed by atoms with E-state index < -0.39 is 0 Å². The van der Waals surface area contributed by atoms with Crippen molar-refractivity contribution in [3.63, 3.8) is 0 Å². The summed E-state index contributed by atoms with van der Waals surface area (Å²) in [6.45, 7) is 1.82. The Labute approximate surface area is 83.8 Å². The number of aryl methyl sites for hydroxylation is 1. The van der Waals surface area contributed by atoms with Crippen molar-refractivity contribution in [2.45, 2.75) is 19.4 Å². The van der Waals surface area contributed by atoms with Crippen LogP contribution in [0.2, 0.25) is 0 Å². The average Bonchev–Trinajstić information content (AvgIpc) is 2.44. The number of benzene rings is 1. The van der Waals surface area contributed by atoms with Crippen molar-refractivity contribution in [1.82, 2.24) is 4.57 Å². The molecular weight excluding hydrogens is 174 g/mol. The molecule has 0 bridgehead atoms. The summed E-state index contributed by atoms with van der Waals surface area (Å²) in [5.74, 6) is 0. The van der Waals surface area contributed by atoms with E-state index in [0.29, 0.717) is 6.42 Å². The molecule has 1 atom stereocenters. The molecule has 0 saturated carbocycles. The fraction of sp³-hybridized carbons (Fsp3) is 0.333. The number of aliphatic hydroxyl groups is 1. The van der Waals surface area contributed by atoms with Crippen molar-refractivity contribution in [2.24, 2.45) is 7.05 Å². The second kappa shape index (κ2) is 3.46. The summed E-state index contributed by atoms with van der Waals surface area (Å²) in [6, 6.07) is 10.4. The lowest BCUT2D eigenvalue weighted by Gasteiger charge is -2.05. The van der Waals surface area contributed by atoms with Gasteiger partial charge in [0.2, 0.25) is 0 Å². The van der Waals surface area contributed by atoms with Crippen molar-refractivity contribution >= 4 is 10.9 Å². The number of nitrogens with zero attached hydrogens (tertiary/aromatic N) is 1. The first-order chi connectivity index (χ1) is 6.68. The molecule has 74 valence electrons. The number of aliphatic hydroxyl groups excluding tert-OH is 1. The van der Waals surface area contributed by atoms with Gasteiger partial charge in [-0.2, -0.15) is 0 Å². The van der Waals surface area contributed by atoms with Crippen molar-refractivity contribution in [3.05, 3.63) is 36.0 Å². The van der Waals surface area contributed by atoms with Crippen LogP contribution in [0.15, 0.2) is 30.3 Å². The molecule has 0 spiro atoms. The van der Waals surface area contributed by atoms with E-state index in [2.05, 4.69) is 22.8 Å². The Hall–Kier alpha value is -1.28. The van der Waals surface area contributed by atoms with E-state index in [0.717, 1.165) is 0 Å². The lowest BCUT2D eigenvalue weighted by molar-refractivity contribution is 0.193. The number of fused-ring (bicyclic) bond motifs is 1. The van der Waals surface area contributed by atoms with Gasteiger partial charge in [0.05, 0.1) is 6.10 Å². The molecule has 0 amide bonds.